The fourth-order valence-electron chi connectivity index (χ4n) is 2.90. The maximum absolute atomic E-state index is 13.3. The molecule has 7 nitrogen and oxygen atoms in total. The molecule has 0 aliphatic rings. The Morgan fingerprint density at radius 2 is 1.81 bits per heavy atom. The van der Waals surface area contributed by atoms with Gasteiger partial charge in [0.15, 0.2) is 17.2 Å². The van der Waals surface area contributed by atoms with Gasteiger partial charge in [-0.15, -0.1) is 0 Å². The van der Waals surface area contributed by atoms with Crippen molar-refractivity contribution in [1.82, 2.24) is 10.3 Å². The maximum Gasteiger partial charge on any atom is 0.416 e. The summed E-state index contributed by atoms with van der Waals surface area (Å²) >= 11 is 0. The third kappa shape index (κ3) is 5.65. The van der Waals surface area contributed by atoms with Gasteiger partial charge in [-0.05, 0) is 31.5 Å². The zero-order valence-electron chi connectivity index (χ0n) is 17.7. The molecule has 0 aliphatic heterocycles. The number of pyridine rings is 1. The van der Waals surface area contributed by atoms with Crippen molar-refractivity contribution in [3.63, 3.8) is 0 Å². The number of hydrogen-bond acceptors (Lipinski definition) is 6. The minimum atomic E-state index is -4.79. The Morgan fingerprint density at radius 1 is 1.16 bits per heavy atom. The van der Waals surface area contributed by atoms with E-state index in [0.717, 1.165) is 12.1 Å². The van der Waals surface area contributed by atoms with Crippen molar-refractivity contribution in [1.29, 1.82) is 0 Å². The lowest BCUT2D eigenvalue weighted by Crippen LogP contribution is -2.41. The fraction of sp³-hybridized carbons (Fsp3) is 0.381. The number of nitrogens with zero attached hydrogens (tertiary/aromatic N) is 1. The summed E-state index contributed by atoms with van der Waals surface area (Å²) in [5, 5.41) is 12.3. The number of esters is 1. The van der Waals surface area contributed by atoms with E-state index in [4.69, 9.17) is 9.47 Å². The molecule has 1 amide bonds. The van der Waals surface area contributed by atoms with E-state index in [9.17, 15) is 32.3 Å². The van der Waals surface area contributed by atoms with E-state index >= 15 is 0 Å². The predicted molar refractivity (Wildman–Crippen MR) is 105 cm³/mol. The van der Waals surface area contributed by atoms with Crippen LogP contribution in [0.4, 0.5) is 17.6 Å². The standard InChI is InChI=1S/C21H22F4N2O5/c1-10(14-6-5-13(22)9-15(14)21(23,24)25)12(3)32-20(30)11(2)27-19(29)17-18(28)16(31-4)7-8-26-17/h5-12,28H,1-4H3,(H,27,29)/t10-,11+,12+/m1/s1. The zero-order chi connectivity index (χ0) is 24.2. The number of halogens is 4. The molecule has 0 bridgehead atoms. The number of carbonyl (C=O) groups is 2. The van der Waals surface area contributed by atoms with Crippen LogP contribution in [0.2, 0.25) is 0 Å². The molecule has 1 heterocycles. The van der Waals surface area contributed by atoms with Crippen LogP contribution in [0.15, 0.2) is 30.5 Å². The van der Waals surface area contributed by atoms with Crippen LogP contribution in [0.5, 0.6) is 11.5 Å². The predicted octanol–water partition coefficient (Wildman–Crippen LogP) is 3.81. The van der Waals surface area contributed by atoms with E-state index in [1.54, 1.807) is 0 Å². The first-order valence-corrected chi connectivity index (χ1v) is 9.46. The van der Waals surface area contributed by atoms with Crippen LogP contribution >= 0.6 is 0 Å². The number of rotatable bonds is 7. The first-order valence-electron chi connectivity index (χ1n) is 9.46. The van der Waals surface area contributed by atoms with Crippen LogP contribution in [-0.2, 0) is 15.7 Å². The molecule has 2 aromatic rings. The number of carbonyl (C=O) groups excluding carboxylic acids is 2. The van der Waals surface area contributed by atoms with Crippen LogP contribution in [0.25, 0.3) is 0 Å². The second-order valence-electron chi connectivity index (χ2n) is 7.07. The lowest BCUT2D eigenvalue weighted by molar-refractivity contribution is -0.151. The van der Waals surface area contributed by atoms with Crippen molar-refractivity contribution < 1.29 is 41.7 Å². The van der Waals surface area contributed by atoms with E-state index in [2.05, 4.69) is 10.3 Å². The molecule has 174 valence electrons. The maximum atomic E-state index is 13.3. The van der Waals surface area contributed by atoms with Crippen LogP contribution in [0.1, 0.15) is 48.3 Å². The molecule has 3 atom stereocenters. The number of aromatic nitrogens is 1. The topological polar surface area (TPSA) is 97.8 Å². The Bertz CT molecular complexity index is 997. The molecule has 0 fully saturated rings. The Hall–Kier alpha value is -3.37. The monoisotopic (exact) mass is 458 g/mol. The van der Waals surface area contributed by atoms with E-state index in [1.807, 2.05) is 0 Å². The SMILES string of the molecule is COc1ccnc(C(=O)N[C@@H](C)C(=O)O[C@@H](C)[C@@H](C)c2ccc(F)cc2C(F)(F)F)c1O. The van der Waals surface area contributed by atoms with Crippen LogP contribution in [0, 0.1) is 5.82 Å². The fourth-order valence-corrected chi connectivity index (χ4v) is 2.90. The van der Waals surface area contributed by atoms with Crippen LogP contribution < -0.4 is 10.1 Å². The quantitative estimate of drug-likeness (QED) is 0.484. The van der Waals surface area contributed by atoms with Crippen molar-refractivity contribution in [2.45, 2.75) is 45.0 Å². The Labute approximate surface area is 181 Å². The van der Waals surface area contributed by atoms with Gasteiger partial charge >= 0.3 is 12.1 Å². The number of benzene rings is 1. The minimum Gasteiger partial charge on any atom is -0.503 e. The van der Waals surface area contributed by atoms with Gasteiger partial charge in [0, 0.05) is 18.2 Å². The van der Waals surface area contributed by atoms with Gasteiger partial charge in [0.25, 0.3) is 5.91 Å². The highest BCUT2D eigenvalue weighted by molar-refractivity contribution is 5.97. The third-order valence-corrected chi connectivity index (χ3v) is 4.84. The van der Waals surface area contributed by atoms with Gasteiger partial charge in [0.1, 0.15) is 18.0 Å². The number of aromatic hydroxyl groups is 1. The molecule has 11 heteroatoms. The molecule has 0 spiro atoms. The van der Waals surface area contributed by atoms with Gasteiger partial charge in [-0.2, -0.15) is 13.2 Å². The van der Waals surface area contributed by atoms with Gasteiger partial charge in [0.2, 0.25) is 0 Å². The summed E-state index contributed by atoms with van der Waals surface area (Å²) in [5.41, 5.74) is -1.78. The van der Waals surface area contributed by atoms with Crippen LogP contribution in [0.3, 0.4) is 0 Å². The Balaban J connectivity index is 2.10. The van der Waals surface area contributed by atoms with Gasteiger partial charge in [-0.3, -0.25) is 4.79 Å². The molecule has 1 aromatic carbocycles. The second kappa shape index (κ2) is 9.84. The first-order chi connectivity index (χ1) is 14.9. The molecule has 2 rings (SSSR count). The molecule has 1 aromatic heterocycles. The van der Waals surface area contributed by atoms with Crippen LogP contribution in [-0.4, -0.2) is 41.2 Å². The molecule has 0 aliphatic carbocycles. The lowest BCUT2D eigenvalue weighted by atomic mass is 9.91. The number of nitrogens with one attached hydrogen (secondary N) is 1. The smallest absolute Gasteiger partial charge is 0.416 e. The number of alkyl halides is 3. The largest absolute Gasteiger partial charge is 0.503 e. The third-order valence-electron chi connectivity index (χ3n) is 4.84. The Morgan fingerprint density at radius 3 is 2.41 bits per heavy atom. The summed E-state index contributed by atoms with van der Waals surface area (Å²) in [7, 11) is 1.28. The van der Waals surface area contributed by atoms with E-state index < -0.39 is 53.2 Å². The zero-order valence-corrected chi connectivity index (χ0v) is 17.7. The number of hydrogen-bond donors (Lipinski definition) is 2. The highest BCUT2D eigenvalue weighted by Crippen LogP contribution is 2.37. The molecular formula is C21H22F4N2O5. The van der Waals surface area contributed by atoms with Gasteiger partial charge in [-0.1, -0.05) is 13.0 Å². The van der Waals surface area contributed by atoms with Crippen molar-refractivity contribution >= 4 is 11.9 Å². The van der Waals surface area contributed by atoms with E-state index in [1.165, 1.54) is 40.1 Å². The van der Waals surface area contributed by atoms with Gasteiger partial charge < -0.3 is 19.9 Å². The summed E-state index contributed by atoms with van der Waals surface area (Å²) < 4.78 is 63.3. The summed E-state index contributed by atoms with van der Waals surface area (Å²) in [6.07, 6.45) is -4.60. The van der Waals surface area contributed by atoms with Crippen molar-refractivity contribution in [2.75, 3.05) is 7.11 Å². The van der Waals surface area contributed by atoms with Crippen molar-refractivity contribution in [3.8, 4) is 11.5 Å². The summed E-state index contributed by atoms with van der Waals surface area (Å²) in [6, 6.07) is 2.40. The average Bonchev–Trinajstić information content (AvgIpc) is 2.72. The summed E-state index contributed by atoms with van der Waals surface area (Å²) in [5.74, 6) is -4.29. The molecule has 0 saturated carbocycles. The van der Waals surface area contributed by atoms with E-state index in [-0.39, 0.29) is 17.0 Å². The van der Waals surface area contributed by atoms with Gasteiger partial charge in [0.05, 0.1) is 12.7 Å². The molecule has 0 unspecified atom stereocenters. The average molecular weight is 458 g/mol. The molecule has 32 heavy (non-hydrogen) atoms. The number of amides is 1. The highest BCUT2D eigenvalue weighted by Gasteiger charge is 2.36. The van der Waals surface area contributed by atoms with Crippen molar-refractivity contribution in [3.05, 3.63) is 53.1 Å². The van der Waals surface area contributed by atoms with E-state index in [0.29, 0.717) is 6.07 Å². The summed E-state index contributed by atoms with van der Waals surface area (Å²) in [4.78, 5) is 28.4. The first kappa shape index (κ1) is 24.9. The molecular weight excluding hydrogens is 436 g/mol. The van der Waals surface area contributed by atoms with Gasteiger partial charge in [-0.25, -0.2) is 14.2 Å². The molecule has 0 saturated heterocycles. The number of ether oxygens (including phenoxy) is 2. The minimum absolute atomic E-state index is 0.00240. The number of methoxy groups -OCH3 is 1. The second-order valence-corrected chi connectivity index (χ2v) is 7.07. The summed E-state index contributed by atoms with van der Waals surface area (Å²) in [6.45, 7) is 4.09. The molecule has 2 N–H and O–H groups in total. The van der Waals surface area contributed by atoms with Crippen molar-refractivity contribution in [2.24, 2.45) is 0 Å². The Kier molecular flexibility index (Phi) is 7.65. The normalized spacial score (nSPS) is 14.2. The molecule has 0 radical (unpaired) electrons. The lowest BCUT2D eigenvalue weighted by Gasteiger charge is -2.25. The highest BCUT2D eigenvalue weighted by atomic mass is 19.4.